The zero-order valence-corrected chi connectivity index (χ0v) is 11.4. The van der Waals surface area contributed by atoms with Crippen LogP contribution in [0.4, 0.5) is 0 Å². The lowest BCUT2D eigenvalue weighted by molar-refractivity contribution is 0.111. The van der Waals surface area contributed by atoms with Crippen molar-refractivity contribution in [2.75, 3.05) is 0 Å². The molecule has 0 aliphatic heterocycles. The van der Waals surface area contributed by atoms with Crippen molar-refractivity contribution in [1.29, 1.82) is 0 Å². The van der Waals surface area contributed by atoms with Gasteiger partial charge in [0.05, 0.1) is 11.4 Å². The van der Waals surface area contributed by atoms with E-state index < -0.39 is 0 Å². The molecule has 106 valence electrons. The van der Waals surface area contributed by atoms with Gasteiger partial charge >= 0.3 is 0 Å². The molecule has 3 aromatic heterocycles. The van der Waals surface area contributed by atoms with Gasteiger partial charge in [-0.15, -0.1) is 10.2 Å². The Morgan fingerprint density at radius 3 is 1.41 bits per heavy atom. The van der Waals surface area contributed by atoms with Gasteiger partial charge in [0, 0.05) is 0 Å². The summed E-state index contributed by atoms with van der Waals surface area (Å²) in [5.74, 6) is 0. The minimum absolute atomic E-state index is 0.337. The van der Waals surface area contributed by atoms with Crippen molar-refractivity contribution in [2.45, 2.75) is 0 Å². The first-order valence-electron chi connectivity index (χ1n) is 6.49. The van der Waals surface area contributed by atoms with Gasteiger partial charge in [-0.25, -0.2) is 9.97 Å². The highest BCUT2D eigenvalue weighted by atomic mass is 16.1. The van der Waals surface area contributed by atoms with Gasteiger partial charge < -0.3 is 0 Å². The summed E-state index contributed by atoms with van der Waals surface area (Å²) in [5, 5.41) is 8.20. The van der Waals surface area contributed by atoms with E-state index in [-0.39, 0.29) is 0 Å². The number of hydrogen-bond donors (Lipinski definition) is 0. The third-order valence-electron chi connectivity index (χ3n) is 2.97. The smallest absolute Gasteiger partial charge is 0.168 e. The molecule has 0 spiro atoms. The van der Waals surface area contributed by atoms with Gasteiger partial charge in [0.2, 0.25) is 0 Å². The topological polar surface area (TPSA) is 85.7 Å². The van der Waals surface area contributed by atoms with Crippen molar-refractivity contribution in [3.63, 3.8) is 0 Å². The van der Waals surface area contributed by atoms with Crippen LogP contribution in [0.1, 0.15) is 21.0 Å². The van der Waals surface area contributed by atoms with Crippen molar-refractivity contribution < 1.29 is 9.59 Å². The van der Waals surface area contributed by atoms with Gasteiger partial charge in [0.1, 0.15) is 22.8 Å². The quantitative estimate of drug-likeness (QED) is 0.685. The van der Waals surface area contributed by atoms with E-state index in [1.807, 2.05) is 0 Å². The highest BCUT2D eigenvalue weighted by molar-refractivity contribution is 5.74. The molecule has 0 saturated heterocycles. The van der Waals surface area contributed by atoms with E-state index in [0.29, 0.717) is 46.7 Å². The van der Waals surface area contributed by atoms with Crippen LogP contribution in [0.25, 0.3) is 22.8 Å². The van der Waals surface area contributed by atoms with Crippen LogP contribution in [0.3, 0.4) is 0 Å². The Morgan fingerprint density at radius 1 is 0.591 bits per heavy atom. The number of hydrogen-bond acceptors (Lipinski definition) is 6. The molecule has 22 heavy (non-hydrogen) atoms. The summed E-state index contributed by atoms with van der Waals surface area (Å²) in [4.78, 5) is 29.8. The largest absolute Gasteiger partial charge is 0.296 e. The van der Waals surface area contributed by atoms with Crippen LogP contribution in [0, 0.1) is 0 Å². The van der Waals surface area contributed by atoms with Crippen LogP contribution in [-0.2, 0) is 0 Å². The van der Waals surface area contributed by atoms with E-state index in [9.17, 15) is 9.59 Å². The summed E-state index contributed by atoms with van der Waals surface area (Å²) in [6.07, 6.45) is 1.36. The van der Waals surface area contributed by atoms with Gasteiger partial charge in [-0.05, 0) is 36.4 Å². The van der Waals surface area contributed by atoms with Crippen molar-refractivity contribution in [2.24, 2.45) is 0 Å². The summed E-state index contributed by atoms with van der Waals surface area (Å²) >= 11 is 0. The number of rotatable bonds is 4. The van der Waals surface area contributed by atoms with Gasteiger partial charge in [0.15, 0.2) is 12.6 Å². The molecule has 0 aliphatic carbocycles. The highest BCUT2D eigenvalue weighted by Gasteiger charge is 2.06. The monoisotopic (exact) mass is 290 g/mol. The zero-order valence-electron chi connectivity index (χ0n) is 11.4. The lowest BCUT2D eigenvalue weighted by atomic mass is 10.2. The first-order chi connectivity index (χ1) is 10.8. The summed E-state index contributed by atoms with van der Waals surface area (Å²) in [6.45, 7) is 0. The number of carbonyl (C=O) groups excluding carboxylic acids is 2. The normalized spacial score (nSPS) is 10.2. The molecular formula is C16H10N4O2. The number of pyridine rings is 2. The molecule has 0 aliphatic rings. The first kappa shape index (κ1) is 13.7. The van der Waals surface area contributed by atoms with E-state index in [1.54, 1.807) is 48.5 Å². The van der Waals surface area contributed by atoms with Crippen LogP contribution < -0.4 is 0 Å². The molecule has 0 saturated carbocycles. The van der Waals surface area contributed by atoms with E-state index in [2.05, 4.69) is 20.2 Å². The third-order valence-corrected chi connectivity index (χ3v) is 2.97. The predicted octanol–water partition coefficient (Wildman–Crippen LogP) is 2.23. The SMILES string of the molecule is O=Cc1cccc(-c2ccc(-c3cccc(C=O)n3)nn2)n1. The van der Waals surface area contributed by atoms with Gasteiger partial charge in [-0.3, -0.25) is 9.59 Å². The third kappa shape index (κ3) is 2.76. The predicted molar refractivity (Wildman–Crippen MR) is 79.3 cm³/mol. The Labute approximate surface area is 125 Å². The summed E-state index contributed by atoms with van der Waals surface area (Å²) < 4.78 is 0. The molecule has 3 aromatic rings. The Balaban J connectivity index is 1.95. The molecule has 6 heteroatoms. The van der Waals surface area contributed by atoms with Crippen LogP contribution in [0.5, 0.6) is 0 Å². The minimum atomic E-state index is 0.337. The number of nitrogens with zero attached hydrogens (tertiary/aromatic N) is 4. The summed E-state index contributed by atoms with van der Waals surface area (Å²) in [7, 11) is 0. The molecule has 0 radical (unpaired) electrons. The molecule has 0 N–H and O–H groups in total. The lowest BCUT2D eigenvalue weighted by Gasteiger charge is -2.02. The summed E-state index contributed by atoms with van der Waals surface area (Å²) in [6, 6.07) is 13.7. The fourth-order valence-electron chi connectivity index (χ4n) is 1.93. The van der Waals surface area contributed by atoms with Gasteiger partial charge in [-0.1, -0.05) is 12.1 Å². The second-order valence-electron chi connectivity index (χ2n) is 4.43. The minimum Gasteiger partial charge on any atom is -0.296 e. The van der Waals surface area contributed by atoms with Crippen molar-refractivity contribution in [1.82, 2.24) is 20.2 Å². The first-order valence-corrected chi connectivity index (χ1v) is 6.49. The Morgan fingerprint density at radius 2 is 1.05 bits per heavy atom. The lowest BCUT2D eigenvalue weighted by Crippen LogP contribution is -1.96. The number of aromatic nitrogens is 4. The highest BCUT2D eigenvalue weighted by Crippen LogP contribution is 2.18. The van der Waals surface area contributed by atoms with E-state index in [0.717, 1.165) is 0 Å². The zero-order chi connectivity index (χ0) is 15.4. The standard InChI is InChI=1S/C16H10N4O2/c21-9-11-3-1-5-13(17-11)15-7-8-16(20-19-15)14-6-2-4-12(10-22)18-14/h1-10H. The van der Waals surface area contributed by atoms with E-state index in [1.165, 1.54) is 0 Å². The molecule has 0 atom stereocenters. The van der Waals surface area contributed by atoms with Gasteiger partial charge in [0.25, 0.3) is 0 Å². The van der Waals surface area contributed by atoms with Crippen LogP contribution in [-0.4, -0.2) is 32.7 Å². The van der Waals surface area contributed by atoms with Crippen molar-refractivity contribution >= 4 is 12.6 Å². The number of aldehydes is 2. The second-order valence-corrected chi connectivity index (χ2v) is 4.43. The fraction of sp³-hybridized carbons (Fsp3) is 0. The van der Waals surface area contributed by atoms with Crippen molar-refractivity contribution in [3.05, 3.63) is 59.9 Å². The van der Waals surface area contributed by atoms with Crippen LogP contribution in [0.15, 0.2) is 48.5 Å². The Kier molecular flexibility index (Phi) is 3.74. The Hall–Kier alpha value is -3.28. The van der Waals surface area contributed by atoms with Gasteiger partial charge in [-0.2, -0.15) is 0 Å². The maximum atomic E-state index is 10.8. The average molecular weight is 290 g/mol. The average Bonchev–Trinajstić information content (AvgIpc) is 2.62. The molecule has 0 fully saturated rings. The molecule has 0 amide bonds. The number of carbonyl (C=O) groups is 2. The second kappa shape index (κ2) is 6.01. The molecule has 0 bridgehead atoms. The Bertz CT molecular complexity index is 761. The van der Waals surface area contributed by atoms with Crippen LogP contribution in [0.2, 0.25) is 0 Å². The van der Waals surface area contributed by atoms with Crippen LogP contribution >= 0.6 is 0 Å². The van der Waals surface area contributed by atoms with Crippen molar-refractivity contribution in [3.8, 4) is 22.8 Å². The van der Waals surface area contributed by atoms with E-state index >= 15 is 0 Å². The maximum Gasteiger partial charge on any atom is 0.168 e. The fourth-order valence-corrected chi connectivity index (χ4v) is 1.93. The molecule has 6 nitrogen and oxygen atoms in total. The van der Waals surface area contributed by atoms with E-state index in [4.69, 9.17) is 0 Å². The molecule has 0 aromatic carbocycles. The molecule has 3 rings (SSSR count). The molecule has 3 heterocycles. The maximum absolute atomic E-state index is 10.8. The summed E-state index contributed by atoms with van der Waals surface area (Å²) in [5.41, 5.74) is 2.92. The molecular weight excluding hydrogens is 280 g/mol. The molecule has 0 unspecified atom stereocenters.